The van der Waals surface area contributed by atoms with Crippen LogP contribution < -0.4 is 5.73 Å². The molecule has 0 saturated heterocycles. The van der Waals surface area contributed by atoms with Crippen LogP contribution in [0.2, 0.25) is 10.0 Å². The molecule has 0 aromatic heterocycles. The molecule has 1 aromatic carbocycles. The number of carboxylic acids is 1. The Bertz CT molecular complexity index is 660. The van der Waals surface area contributed by atoms with Crippen molar-refractivity contribution >= 4 is 34.9 Å². The standard InChI is InChI=1S/C10H13Cl2NO.C6H8F2N2O2/c1-6(13)10(14-2)8-4-3-7(11)5-9(8)12;1-10-2-3(6(11)12)4(9-10)5(7)8/h3-6,10H,13H2,1-2H3;3,5H,2H2,1H3,(H,11,12). The molecule has 1 aromatic rings. The van der Waals surface area contributed by atoms with Crippen molar-refractivity contribution in [2.75, 3.05) is 20.7 Å². The number of hydrazone groups is 1. The second-order valence-electron chi connectivity index (χ2n) is 5.74. The molecule has 146 valence electrons. The Hall–Kier alpha value is -1.48. The lowest BCUT2D eigenvalue weighted by Crippen LogP contribution is -2.29. The summed E-state index contributed by atoms with van der Waals surface area (Å²) in [5.74, 6) is -2.41. The van der Waals surface area contributed by atoms with Crippen LogP contribution in [0.3, 0.4) is 0 Å². The number of rotatable bonds is 5. The predicted molar refractivity (Wildman–Crippen MR) is 97.1 cm³/mol. The number of hydrogen-bond donors (Lipinski definition) is 2. The van der Waals surface area contributed by atoms with Gasteiger partial charge in [-0.1, -0.05) is 29.3 Å². The molecule has 0 radical (unpaired) electrons. The molecule has 26 heavy (non-hydrogen) atoms. The first-order valence-electron chi connectivity index (χ1n) is 7.62. The summed E-state index contributed by atoms with van der Waals surface area (Å²) in [6.45, 7) is 1.90. The number of carbonyl (C=O) groups is 1. The van der Waals surface area contributed by atoms with Gasteiger partial charge in [0.05, 0.1) is 12.6 Å². The zero-order valence-corrected chi connectivity index (χ0v) is 16.0. The summed E-state index contributed by atoms with van der Waals surface area (Å²) >= 11 is 11.8. The molecule has 3 atom stereocenters. The minimum absolute atomic E-state index is 0.0228. The van der Waals surface area contributed by atoms with Gasteiger partial charge >= 0.3 is 5.97 Å². The molecule has 0 fully saturated rings. The number of halogens is 4. The smallest absolute Gasteiger partial charge is 0.314 e. The van der Waals surface area contributed by atoms with Gasteiger partial charge in [-0.2, -0.15) is 5.10 Å². The van der Waals surface area contributed by atoms with Gasteiger partial charge in [0.1, 0.15) is 11.6 Å². The van der Waals surface area contributed by atoms with Crippen LogP contribution in [-0.4, -0.2) is 55.0 Å². The van der Waals surface area contributed by atoms with E-state index in [0.29, 0.717) is 10.0 Å². The first-order chi connectivity index (χ1) is 12.1. The fourth-order valence-corrected chi connectivity index (χ4v) is 2.94. The Morgan fingerprint density at radius 2 is 2.08 bits per heavy atom. The third-order valence-electron chi connectivity index (χ3n) is 3.61. The first-order valence-corrected chi connectivity index (χ1v) is 8.37. The zero-order chi connectivity index (χ0) is 20.0. The van der Waals surface area contributed by atoms with E-state index in [2.05, 4.69) is 5.10 Å². The van der Waals surface area contributed by atoms with E-state index < -0.39 is 24.0 Å². The number of hydrogen-bond acceptors (Lipinski definition) is 5. The Labute approximate surface area is 160 Å². The lowest BCUT2D eigenvalue weighted by atomic mass is 10.0. The molecule has 0 aliphatic carbocycles. The molecule has 0 saturated carbocycles. The molecule has 6 nitrogen and oxygen atoms in total. The van der Waals surface area contributed by atoms with Crippen molar-refractivity contribution in [2.45, 2.75) is 25.5 Å². The number of nitrogens with two attached hydrogens (primary N) is 1. The molecular weight excluding hydrogens is 391 g/mol. The minimum atomic E-state index is -2.78. The maximum absolute atomic E-state index is 12.1. The van der Waals surface area contributed by atoms with E-state index in [1.54, 1.807) is 19.2 Å². The van der Waals surface area contributed by atoms with Gasteiger partial charge in [-0.25, -0.2) is 8.78 Å². The van der Waals surface area contributed by atoms with Crippen molar-refractivity contribution in [3.63, 3.8) is 0 Å². The monoisotopic (exact) mass is 411 g/mol. The van der Waals surface area contributed by atoms with Crippen LogP contribution in [0.25, 0.3) is 0 Å². The van der Waals surface area contributed by atoms with Crippen LogP contribution in [0, 0.1) is 5.92 Å². The fourth-order valence-electron chi connectivity index (χ4n) is 2.42. The Morgan fingerprint density at radius 1 is 1.46 bits per heavy atom. The van der Waals surface area contributed by atoms with Gasteiger partial charge in [-0.15, -0.1) is 0 Å². The quantitative estimate of drug-likeness (QED) is 0.775. The van der Waals surface area contributed by atoms with E-state index in [0.717, 1.165) is 5.56 Å². The van der Waals surface area contributed by atoms with E-state index in [-0.39, 0.29) is 18.7 Å². The minimum Gasteiger partial charge on any atom is -0.481 e. The molecule has 0 amide bonds. The highest BCUT2D eigenvalue weighted by Crippen LogP contribution is 2.29. The van der Waals surface area contributed by atoms with Crippen LogP contribution in [-0.2, 0) is 9.53 Å². The van der Waals surface area contributed by atoms with E-state index in [9.17, 15) is 13.6 Å². The van der Waals surface area contributed by atoms with Crippen molar-refractivity contribution < 1.29 is 23.4 Å². The SMILES string of the molecule is CN1CC(C(=O)O)C(C(F)F)=N1.COC(c1ccc(Cl)cc1Cl)C(C)N. The third-order valence-corrected chi connectivity index (χ3v) is 4.17. The Kier molecular flexibility index (Phi) is 8.69. The molecular formula is C16H21Cl2F2N3O3. The van der Waals surface area contributed by atoms with Crippen molar-refractivity contribution in [1.29, 1.82) is 0 Å². The second-order valence-corrected chi connectivity index (χ2v) is 6.58. The predicted octanol–water partition coefficient (Wildman–Crippen LogP) is 3.28. The van der Waals surface area contributed by atoms with Gasteiger partial charge in [0.2, 0.25) is 0 Å². The molecule has 10 heteroatoms. The molecule has 1 heterocycles. The van der Waals surface area contributed by atoms with Crippen LogP contribution in [0.5, 0.6) is 0 Å². The molecule has 3 N–H and O–H groups in total. The van der Waals surface area contributed by atoms with Crippen LogP contribution in [0.4, 0.5) is 8.78 Å². The zero-order valence-electron chi connectivity index (χ0n) is 14.5. The van der Waals surface area contributed by atoms with Crippen LogP contribution in [0.1, 0.15) is 18.6 Å². The van der Waals surface area contributed by atoms with E-state index >= 15 is 0 Å². The number of alkyl halides is 2. The molecule has 2 rings (SSSR count). The van der Waals surface area contributed by atoms with E-state index in [1.165, 1.54) is 12.1 Å². The Balaban J connectivity index is 0.000000263. The Morgan fingerprint density at radius 3 is 2.46 bits per heavy atom. The maximum Gasteiger partial charge on any atom is 0.314 e. The lowest BCUT2D eigenvalue weighted by molar-refractivity contribution is -0.139. The van der Waals surface area contributed by atoms with Crippen molar-refractivity contribution in [2.24, 2.45) is 16.8 Å². The number of benzene rings is 1. The number of carboxylic acid groups (broad SMARTS) is 1. The van der Waals surface area contributed by atoms with Crippen LogP contribution in [0.15, 0.2) is 23.3 Å². The van der Waals surface area contributed by atoms with E-state index in [4.69, 9.17) is 38.8 Å². The molecule has 0 bridgehead atoms. The number of ether oxygens (including phenoxy) is 1. The summed E-state index contributed by atoms with van der Waals surface area (Å²) in [7, 11) is 3.07. The highest BCUT2D eigenvalue weighted by Gasteiger charge is 2.36. The summed E-state index contributed by atoms with van der Waals surface area (Å²) in [4.78, 5) is 10.4. The van der Waals surface area contributed by atoms with Crippen molar-refractivity contribution in [1.82, 2.24) is 5.01 Å². The molecule has 1 aliphatic rings. The third kappa shape index (κ3) is 6.05. The highest BCUT2D eigenvalue weighted by atomic mass is 35.5. The normalized spacial score (nSPS) is 18.9. The first kappa shape index (κ1) is 22.6. The van der Waals surface area contributed by atoms with Gasteiger partial charge in [-0.05, 0) is 19.1 Å². The second kappa shape index (κ2) is 10.0. The van der Waals surface area contributed by atoms with Crippen molar-refractivity contribution in [3.05, 3.63) is 33.8 Å². The summed E-state index contributed by atoms with van der Waals surface area (Å²) < 4.78 is 29.5. The van der Waals surface area contributed by atoms with E-state index in [1.807, 2.05) is 13.0 Å². The number of nitrogens with zero attached hydrogens (tertiary/aromatic N) is 2. The summed E-state index contributed by atoms with van der Waals surface area (Å²) in [6, 6.07) is 5.19. The summed E-state index contributed by atoms with van der Waals surface area (Å²) in [6.07, 6.45) is -2.98. The largest absolute Gasteiger partial charge is 0.481 e. The van der Waals surface area contributed by atoms with Gasteiger partial charge in [-0.3, -0.25) is 9.80 Å². The van der Waals surface area contributed by atoms with Crippen LogP contribution >= 0.6 is 23.2 Å². The van der Waals surface area contributed by atoms with Gasteiger partial charge < -0.3 is 15.6 Å². The fraction of sp³-hybridized carbons (Fsp3) is 0.500. The average Bonchev–Trinajstić information content (AvgIpc) is 2.93. The molecule has 3 unspecified atom stereocenters. The van der Waals surface area contributed by atoms with Gasteiger partial charge in [0.25, 0.3) is 6.43 Å². The lowest BCUT2D eigenvalue weighted by Gasteiger charge is -2.20. The number of aliphatic carboxylic acids is 1. The van der Waals surface area contributed by atoms with Crippen molar-refractivity contribution in [3.8, 4) is 0 Å². The molecule has 0 spiro atoms. The summed E-state index contributed by atoms with van der Waals surface area (Å²) in [5.41, 5.74) is 6.09. The number of methoxy groups -OCH3 is 1. The van der Waals surface area contributed by atoms with Gasteiger partial charge in [0.15, 0.2) is 0 Å². The topological polar surface area (TPSA) is 88.2 Å². The van der Waals surface area contributed by atoms with Gasteiger partial charge in [0, 0.05) is 35.8 Å². The highest BCUT2D eigenvalue weighted by molar-refractivity contribution is 6.35. The maximum atomic E-state index is 12.1. The average molecular weight is 412 g/mol. The molecule has 1 aliphatic heterocycles. The summed E-state index contributed by atoms with van der Waals surface area (Å²) in [5, 5.41) is 14.3.